The van der Waals surface area contributed by atoms with Crippen LogP contribution in [0.1, 0.15) is 11.6 Å². The van der Waals surface area contributed by atoms with E-state index in [2.05, 4.69) is 0 Å². The molecule has 4 heteroatoms. The monoisotopic (exact) mass is 224 g/mol. The Balaban J connectivity index is 2.77. The average Bonchev–Trinajstić information content (AvgIpc) is 2.32. The Bertz CT molecular complexity index is 274. The summed E-state index contributed by atoms with van der Waals surface area (Å²) in [4.78, 5) is 2.00. The van der Waals surface area contributed by atoms with Gasteiger partial charge in [0.15, 0.2) is 0 Å². The van der Waals surface area contributed by atoms with Crippen molar-refractivity contribution in [3.05, 3.63) is 35.9 Å². The van der Waals surface area contributed by atoms with Crippen LogP contribution in [0.15, 0.2) is 30.3 Å². The van der Waals surface area contributed by atoms with Crippen molar-refractivity contribution in [3.63, 3.8) is 0 Å². The standard InChI is InChI=1S/C12H20N2O2/c13-10-12(11-4-2-1-3-5-11)14(6-8-15)7-9-16/h1-5,12,15-16H,6-10,13H2. The summed E-state index contributed by atoms with van der Waals surface area (Å²) in [5, 5.41) is 18.0. The fourth-order valence-corrected chi connectivity index (χ4v) is 1.85. The highest BCUT2D eigenvalue weighted by molar-refractivity contribution is 5.19. The van der Waals surface area contributed by atoms with Gasteiger partial charge in [0.2, 0.25) is 0 Å². The molecule has 0 aliphatic heterocycles. The molecule has 0 aliphatic carbocycles. The SMILES string of the molecule is NCC(c1ccccc1)N(CCO)CCO. The maximum absolute atomic E-state index is 8.99. The normalized spacial score (nSPS) is 13.0. The molecule has 0 bridgehead atoms. The molecule has 1 unspecified atom stereocenters. The van der Waals surface area contributed by atoms with E-state index >= 15 is 0 Å². The summed E-state index contributed by atoms with van der Waals surface area (Å²) < 4.78 is 0. The van der Waals surface area contributed by atoms with Gasteiger partial charge in [-0.25, -0.2) is 0 Å². The molecule has 1 rings (SSSR count). The van der Waals surface area contributed by atoms with Gasteiger partial charge in [0.05, 0.1) is 13.2 Å². The molecular weight excluding hydrogens is 204 g/mol. The largest absolute Gasteiger partial charge is 0.395 e. The Morgan fingerprint density at radius 2 is 1.62 bits per heavy atom. The smallest absolute Gasteiger partial charge is 0.0558 e. The second kappa shape index (κ2) is 7.35. The van der Waals surface area contributed by atoms with Crippen molar-refractivity contribution in [1.82, 2.24) is 4.90 Å². The number of aliphatic hydroxyl groups excluding tert-OH is 2. The maximum atomic E-state index is 8.99. The van der Waals surface area contributed by atoms with Crippen molar-refractivity contribution in [2.24, 2.45) is 5.73 Å². The molecule has 90 valence electrons. The third-order valence-corrected chi connectivity index (χ3v) is 2.62. The third-order valence-electron chi connectivity index (χ3n) is 2.62. The molecule has 0 heterocycles. The molecule has 4 nitrogen and oxygen atoms in total. The van der Waals surface area contributed by atoms with Crippen molar-refractivity contribution in [2.75, 3.05) is 32.8 Å². The highest BCUT2D eigenvalue weighted by Gasteiger charge is 2.17. The van der Waals surface area contributed by atoms with E-state index in [-0.39, 0.29) is 19.3 Å². The second-order valence-electron chi connectivity index (χ2n) is 3.65. The molecule has 0 saturated carbocycles. The molecule has 0 amide bonds. The molecule has 0 radical (unpaired) electrons. The molecule has 0 saturated heterocycles. The van der Waals surface area contributed by atoms with Crippen molar-refractivity contribution < 1.29 is 10.2 Å². The molecule has 1 aromatic carbocycles. The zero-order chi connectivity index (χ0) is 11.8. The van der Waals surface area contributed by atoms with E-state index in [0.717, 1.165) is 5.56 Å². The first kappa shape index (κ1) is 13.1. The van der Waals surface area contributed by atoms with E-state index < -0.39 is 0 Å². The highest BCUT2D eigenvalue weighted by atomic mass is 16.3. The summed E-state index contributed by atoms with van der Waals surface area (Å²) in [5.41, 5.74) is 6.88. The molecule has 1 aromatic rings. The van der Waals surface area contributed by atoms with Gasteiger partial charge in [-0.15, -0.1) is 0 Å². The van der Waals surface area contributed by atoms with Crippen LogP contribution < -0.4 is 5.73 Å². The van der Waals surface area contributed by atoms with Crippen LogP contribution in [0.2, 0.25) is 0 Å². The quantitative estimate of drug-likeness (QED) is 0.608. The average molecular weight is 224 g/mol. The summed E-state index contributed by atoms with van der Waals surface area (Å²) in [6.45, 7) is 1.67. The third kappa shape index (κ3) is 3.57. The lowest BCUT2D eigenvalue weighted by atomic mass is 10.1. The molecular formula is C12H20N2O2. The Hall–Kier alpha value is -0.940. The van der Waals surface area contributed by atoms with E-state index in [0.29, 0.717) is 19.6 Å². The van der Waals surface area contributed by atoms with Gasteiger partial charge in [-0.1, -0.05) is 30.3 Å². The second-order valence-corrected chi connectivity index (χ2v) is 3.65. The Morgan fingerprint density at radius 3 is 2.06 bits per heavy atom. The number of benzene rings is 1. The fourth-order valence-electron chi connectivity index (χ4n) is 1.85. The lowest BCUT2D eigenvalue weighted by molar-refractivity contribution is 0.124. The predicted molar refractivity (Wildman–Crippen MR) is 64.0 cm³/mol. The van der Waals surface area contributed by atoms with Crippen LogP contribution in [0.3, 0.4) is 0 Å². The van der Waals surface area contributed by atoms with Crippen LogP contribution in [-0.2, 0) is 0 Å². The van der Waals surface area contributed by atoms with Gasteiger partial charge in [-0.3, -0.25) is 4.90 Å². The summed E-state index contributed by atoms with van der Waals surface area (Å²) in [5.74, 6) is 0. The lowest BCUT2D eigenvalue weighted by Gasteiger charge is -2.30. The van der Waals surface area contributed by atoms with Crippen LogP contribution in [0.5, 0.6) is 0 Å². The number of nitrogens with zero attached hydrogens (tertiary/aromatic N) is 1. The van der Waals surface area contributed by atoms with Gasteiger partial charge in [-0.05, 0) is 5.56 Å². The number of aliphatic hydroxyl groups is 2. The van der Waals surface area contributed by atoms with Crippen molar-refractivity contribution in [2.45, 2.75) is 6.04 Å². The lowest BCUT2D eigenvalue weighted by Crippen LogP contribution is -2.37. The topological polar surface area (TPSA) is 69.7 Å². The number of hydrogen-bond acceptors (Lipinski definition) is 4. The van der Waals surface area contributed by atoms with Crippen LogP contribution >= 0.6 is 0 Å². The van der Waals surface area contributed by atoms with E-state index in [1.165, 1.54) is 0 Å². The molecule has 4 N–H and O–H groups in total. The fraction of sp³-hybridized carbons (Fsp3) is 0.500. The van der Waals surface area contributed by atoms with Crippen LogP contribution in [0.25, 0.3) is 0 Å². The van der Waals surface area contributed by atoms with Crippen LogP contribution in [0.4, 0.5) is 0 Å². The summed E-state index contributed by atoms with van der Waals surface area (Å²) in [7, 11) is 0. The van der Waals surface area contributed by atoms with Crippen LogP contribution in [-0.4, -0.2) is 48.0 Å². The van der Waals surface area contributed by atoms with Gasteiger partial charge < -0.3 is 15.9 Å². The number of nitrogens with two attached hydrogens (primary N) is 1. The summed E-state index contributed by atoms with van der Waals surface area (Å²) in [6, 6.07) is 9.97. The molecule has 0 aromatic heterocycles. The highest BCUT2D eigenvalue weighted by Crippen LogP contribution is 2.18. The van der Waals surface area contributed by atoms with Crippen molar-refractivity contribution in [1.29, 1.82) is 0 Å². The van der Waals surface area contributed by atoms with E-state index in [9.17, 15) is 0 Å². The van der Waals surface area contributed by atoms with Crippen LogP contribution in [0, 0.1) is 0 Å². The van der Waals surface area contributed by atoms with Gasteiger partial charge >= 0.3 is 0 Å². The molecule has 0 spiro atoms. The maximum Gasteiger partial charge on any atom is 0.0558 e. The Labute approximate surface area is 96.3 Å². The van der Waals surface area contributed by atoms with Gasteiger partial charge in [-0.2, -0.15) is 0 Å². The number of rotatable bonds is 7. The van der Waals surface area contributed by atoms with Gasteiger partial charge in [0.25, 0.3) is 0 Å². The minimum atomic E-state index is 0.0560. The first-order valence-electron chi connectivity index (χ1n) is 5.54. The Kier molecular flexibility index (Phi) is 6.03. The minimum Gasteiger partial charge on any atom is -0.395 e. The molecule has 0 aliphatic rings. The van der Waals surface area contributed by atoms with E-state index in [1.54, 1.807) is 0 Å². The predicted octanol–water partition coefficient (Wildman–Crippen LogP) is -0.0270. The zero-order valence-corrected chi connectivity index (χ0v) is 9.42. The summed E-state index contributed by atoms with van der Waals surface area (Å²) >= 11 is 0. The zero-order valence-electron chi connectivity index (χ0n) is 9.42. The van der Waals surface area contributed by atoms with Gasteiger partial charge in [0, 0.05) is 25.7 Å². The van der Waals surface area contributed by atoms with Gasteiger partial charge in [0.1, 0.15) is 0 Å². The summed E-state index contributed by atoms with van der Waals surface area (Å²) in [6.07, 6.45) is 0. The minimum absolute atomic E-state index is 0.0560. The molecule has 1 atom stereocenters. The Morgan fingerprint density at radius 1 is 1.06 bits per heavy atom. The van der Waals surface area contributed by atoms with Crippen molar-refractivity contribution in [3.8, 4) is 0 Å². The first-order chi connectivity index (χ1) is 7.83. The number of hydrogen-bond donors (Lipinski definition) is 3. The molecule has 16 heavy (non-hydrogen) atoms. The molecule has 0 fully saturated rings. The van der Waals surface area contributed by atoms with Crippen molar-refractivity contribution >= 4 is 0 Å². The van der Waals surface area contributed by atoms with E-state index in [4.69, 9.17) is 15.9 Å². The van der Waals surface area contributed by atoms with E-state index in [1.807, 2.05) is 35.2 Å². The first-order valence-corrected chi connectivity index (χ1v) is 5.54.